The minimum atomic E-state index is -0.694. The number of hydrogen-bond donors (Lipinski definition) is 1. The molecule has 0 spiro atoms. The molecule has 0 aliphatic heterocycles. The highest BCUT2D eigenvalue weighted by Gasteiger charge is 2.16. The Morgan fingerprint density at radius 1 is 0.933 bits per heavy atom. The lowest BCUT2D eigenvalue weighted by Gasteiger charge is -2.00. The summed E-state index contributed by atoms with van der Waals surface area (Å²) in [6.07, 6.45) is 2.27. The van der Waals surface area contributed by atoms with E-state index in [4.69, 9.17) is 11.6 Å². The van der Waals surface area contributed by atoms with Crippen LogP contribution in [-0.2, 0) is 0 Å². The minimum Gasteiger partial charge on any atom is -0.355 e. The molecule has 4 rings (SSSR count). The lowest BCUT2D eigenvalue weighted by atomic mass is 10.2. The van der Waals surface area contributed by atoms with Crippen LogP contribution >= 0.6 is 43.5 Å². The van der Waals surface area contributed by atoms with Crippen LogP contribution in [0, 0.1) is 20.2 Å². The second-order valence-electron chi connectivity index (χ2n) is 5.83. The van der Waals surface area contributed by atoms with Crippen molar-refractivity contribution in [3.8, 4) is 0 Å². The van der Waals surface area contributed by atoms with Crippen LogP contribution in [0.1, 0.15) is 0 Å². The molecule has 12 heteroatoms. The quantitative estimate of drug-likeness (QED) is 0.247. The fourth-order valence-corrected chi connectivity index (χ4v) is 3.56. The van der Waals surface area contributed by atoms with E-state index in [1.54, 1.807) is 36.4 Å². The Balaban J connectivity index is 0.000000171. The van der Waals surface area contributed by atoms with Crippen LogP contribution in [0.5, 0.6) is 0 Å². The molecule has 2 heterocycles. The van der Waals surface area contributed by atoms with Gasteiger partial charge in [-0.2, -0.15) is 0 Å². The van der Waals surface area contributed by atoms with Gasteiger partial charge < -0.3 is 4.98 Å². The molecule has 0 radical (unpaired) electrons. The SMILES string of the molecule is O=[N+]([O-])c1cnc2cc(Br)ccc2c1Cl.O=c1c([N+](=O)[O-])c[nH]c2cc(Br)ccc12. The first-order valence-electron chi connectivity index (χ1n) is 8.02. The van der Waals surface area contributed by atoms with Gasteiger partial charge >= 0.3 is 11.4 Å². The first kappa shape index (κ1) is 21.8. The minimum absolute atomic E-state index is 0.123. The van der Waals surface area contributed by atoms with Crippen molar-refractivity contribution in [1.82, 2.24) is 9.97 Å². The molecule has 2 aromatic carbocycles. The lowest BCUT2D eigenvalue weighted by Crippen LogP contribution is -2.08. The van der Waals surface area contributed by atoms with Gasteiger partial charge in [0.25, 0.3) is 5.43 Å². The molecule has 0 saturated heterocycles. The molecule has 0 atom stereocenters. The third kappa shape index (κ3) is 4.48. The number of nitro groups is 2. The molecule has 0 fully saturated rings. The topological polar surface area (TPSA) is 132 Å². The number of benzene rings is 2. The first-order valence-corrected chi connectivity index (χ1v) is 9.99. The van der Waals surface area contributed by atoms with Gasteiger partial charge in [0.05, 0.1) is 32.5 Å². The monoisotopic (exact) mass is 554 g/mol. The molecule has 2 aromatic heterocycles. The maximum absolute atomic E-state index is 11.6. The van der Waals surface area contributed by atoms with Gasteiger partial charge in [-0.25, -0.2) is 4.98 Å². The highest BCUT2D eigenvalue weighted by atomic mass is 79.9. The van der Waals surface area contributed by atoms with Crippen molar-refractivity contribution in [1.29, 1.82) is 0 Å². The van der Waals surface area contributed by atoms with E-state index in [-0.39, 0.29) is 10.7 Å². The average Bonchev–Trinajstić information content (AvgIpc) is 2.68. The highest BCUT2D eigenvalue weighted by Crippen LogP contribution is 2.31. The van der Waals surface area contributed by atoms with Crippen LogP contribution < -0.4 is 5.43 Å². The number of aromatic amines is 1. The number of halogens is 3. The largest absolute Gasteiger partial charge is 0.355 e. The maximum atomic E-state index is 11.6. The third-order valence-electron chi connectivity index (χ3n) is 3.96. The zero-order valence-corrected chi connectivity index (χ0v) is 18.6. The van der Waals surface area contributed by atoms with Crippen LogP contribution in [0.2, 0.25) is 5.02 Å². The summed E-state index contributed by atoms with van der Waals surface area (Å²) in [5, 5.41) is 22.1. The molecule has 1 N–H and O–H groups in total. The molecule has 0 amide bonds. The van der Waals surface area contributed by atoms with Crippen molar-refractivity contribution in [2.75, 3.05) is 0 Å². The van der Waals surface area contributed by atoms with E-state index < -0.39 is 21.0 Å². The van der Waals surface area contributed by atoms with Crippen LogP contribution in [-0.4, -0.2) is 19.8 Å². The second kappa shape index (κ2) is 8.86. The lowest BCUT2D eigenvalue weighted by molar-refractivity contribution is -0.386. The van der Waals surface area contributed by atoms with Crippen LogP contribution in [0.25, 0.3) is 21.8 Å². The fraction of sp³-hybridized carbons (Fsp3) is 0. The van der Waals surface area contributed by atoms with Crippen LogP contribution in [0.15, 0.2) is 62.5 Å². The normalized spacial score (nSPS) is 10.5. The summed E-state index contributed by atoms with van der Waals surface area (Å²) in [5.41, 5.74) is 0.0116. The summed E-state index contributed by atoms with van der Waals surface area (Å²) in [6.45, 7) is 0. The number of nitrogens with one attached hydrogen (secondary N) is 1. The van der Waals surface area contributed by atoms with E-state index in [2.05, 4.69) is 41.8 Å². The van der Waals surface area contributed by atoms with E-state index in [1.165, 1.54) is 0 Å². The summed E-state index contributed by atoms with van der Waals surface area (Å²) < 4.78 is 1.66. The predicted molar refractivity (Wildman–Crippen MR) is 120 cm³/mol. The first-order chi connectivity index (χ1) is 14.2. The molecular weight excluding hydrogens is 547 g/mol. The standard InChI is InChI=1S/C9H4BrClN2O2.C9H5BrN2O3/c10-5-1-2-6-7(3-5)12-4-8(9(6)11)13(14)15;10-5-1-2-6-7(3-5)11-4-8(9(6)13)12(14)15/h1-4H;1-4H,(H,11,13). The molecule has 0 unspecified atom stereocenters. The molecule has 9 nitrogen and oxygen atoms in total. The Labute approximate surface area is 189 Å². The van der Waals surface area contributed by atoms with E-state index in [0.29, 0.717) is 21.8 Å². The number of hydrogen-bond acceptors (Lipinski definition) is 6. The molecule has 0 saturated carbocycles. The van der Waals surface area contributed by atoms with Crippen molar-refractivity contribution in [2.45, 2.75) is 0 Å². The Hall–Kier alpha value is -2.89. The Morgan fingerprint density at radius 2 is 1.53 bits per heavy atom. The fourth-order valence-electron chi connectivity index (χ4n) is 2.57. The predicted octanol–water partition coefficient (Wildman–Crippen LogP) is 5.76. The number of H-pyrrole nitrogens is 1. The molecule has 0 aliphatic rings. The molecule has 0 bridgehead atoms. The van der Waals surface area contributed by atoms with Gasteiger partial charge in [-0.15, -0.1) is 0 Å². The van der Waals surface area contributed by atoms with Gasteiger partial charge in [-0.1, -0.05) is 43.5 Å². The number of fused-ring (bicyclic) bond motifs is 2. The van der Waals surface area contributed by atoms with E-state index in [1.807, 2.05) is 0 Å². The van der Waals surface area contributed by atoms with Crippen molar-refractivity contribution in [3.63, 3.8) is 0 Å². The molecule has 30 heavy (non-hydrogen) atoms. The Kier molecular flexibility index (Phi) is 6.44. The third-order valence-corrected chi connectivity index (χ3v) is 5.35. The van der Waals surface area contributed by atoms with Crippen molar-refractivity contribution in [3.05, 3.63) is 93.2 Å². The van der Waals surface area contributed by atoms with Gasteiger partial charge in [-0.05, 0) is 36.4 Å². The van der Waals surface area contributed by atoms with E-state index in [0.717, 1.165) is 21.3 Å². The van der Waals surface area contributed by atoms with E-state index in [9.17, 15) is 25.0 Å². The second-order valence-corrected chi connectivity index (χ2v) is 8.04. The Morgan fingerprint density at radius 3 is 2.17 bits per heavy atom. The summed E-state index contributed by atoms with van der Waals surface area (Å²) in [4.78, 5) is 38.2. The summed E-state index contributed by atoms with van der Waals surface area (Å²) >= 11 is 12.4. The van der Waals surface area contributed by atoms with Crippen LogP contribution in [0.3, 0.4) is 0 Å². The molecule has 0 aliphatic carbocycles. The van der Waals surface area contributed by atoms with Gasteiger partial charge in [0.15, 0.2) is 0 Å². The van der Waals surface area contributed by atoms with Gasteiger partial charge in [0.1, 0.15) is 11.2 Å². The number of pyridine rings is 2. The summed E-state index contributed by atoms with van der Waals surface area (Å²) in [7, 11) is 0. The molecule has 152 valence electrons. The smallest absolute Gasteiger partial charge is 0.332 e. The molecule has 4 aromatic rings. The van der Waals surface area contributed by atoms with Crippen LogP contribution in [0.4, 0.5) is 11.4 Å². The molecular formula is C18H9Br2ClN4O5. The van der Waals surface area contributed by atoms with Crippen molar-refractivity contribution in [2.24, 2.45) is 0 Å². The summed E-state index contributed by atoms with van der Waals surface area (Å²) in [6, 6.07) is 10.1. The summed E-state index contributed by atoms with van der Waals surface area (Å²) in [5.74, 6) is 0. The maximum Gasteiger partial charge on any atom is 0.332 e. The zero-order valence-electron chi connectivity index (χ0n) is 14.6. The number of aromatic nitrogens is 2. The van der Waals surface area contributed by atoms with Gasteiger partial charge in [-0.3, -0.25) is 25.0 Å². The Bertz CT molecular complexity index is 1380. The van der Waals surface area contributed by atoms with Crippen molar-refractivity contribution >= 4 is 76.6 Å². The average molecular weight is 557 g/mol. The van der Waals surface area contributed by atoms with Gasteiger partial charge in [0, 0.05) is 14.3 Å². The number of nitrogens with zero attached hydrogens (tertiary/aromatic N) is 3. The van der Waals surface area contributed by atoms with Crippen molar-refractivity contribution < 1.29 is 9.85 Å². The zero-order chi connectivity index (χ0) is 22.0. The number of rotatable bonds is 2. The highest BCUT2D eigenvalue weighted by molar-refractivity contribution is 9.10. The van der Waals surface area contributed by atoms with Gasteiger partial charge in [0.2, 0.25) is 0 Å². The van der Waals surface area contributed by atoms with E-state index >= 15 is 0 Å².